The maximum atomic E-state index is 13.5. The lowest BCUT2D eigenvalue weighted by Crippen LogP contribution is -2.34. The Hall–Kier alpha value is -3.22. The first-order valence-corrected chi connectivity index (χ1v) is 9.62. The summed E-state index contributed by atoms with van der Waals surface area (Å²) in [5, 5.41) is 4.02. The minimum absolute atomic E-state index is 0.203. The second-order valence-electron chi connectivity index (χ2n) is 6.65. The van der Waals surface area contributed by atoms with Crippen LogP contribution in [0.25, 0.3) is 11.4 Å². The van der Waals surface area contributed by atoms with Crippen molar-refractivity contribution in [2.75, 3.05) is 20.2 Å². The molecular formula is C22H24FN3O3. The van der Waals surface area contributed by atoms with Crippen molar-refractivity contribution in [1.29, 1.82) is 0 Å². The van der Waals surface area contributed by atoms with Gasteiger partial charge in [0.2, 0.25) is 11.7 Å². The molecule has 0 aliphatic heterocycles. The van der Waals surface area contributed by atoms with Crippen molar-refractivity contribution >= 4 is 5.91 Å². The van der Waals surface area contributed by atoms with Gasteiger partial charge in [0.25, 0.3) is 5.91 Å². The van der Waals surface area contributed by atoms with Crippen LogP contribution in [0.4, 0.5) is 4.39 Å². The van der Waals surface area contributed by atoms with Crippen LogP contribution >= 0.6 is 0 Å². The van der Waals surface area contributed by atoms with Gasteiger partial charge in [-0.3, -0.25) is 4.79 Å². The molecule has 0 bridgehead atoms. The summed E-state index contributed by atoms with van der Waals surface area (Å²) in [4.78, 5) is 18.9. The lowest BCUT2D eigenvalue weighted by atomic mass is 10.1. The summed E-state index contributed by atoms with van der Waals surface area (Å²) in [5.74, 6) is 0.990. The summed E-state index contributed by atoms with van der Waals surface area (Å²) in [7, 11) is 1.60. The van der Waals surface area contributed by atoms with Crippen LogP contribution in [0, 0.1) is 5.82 Å². The van der Waals surface area contributed by atoms with Gasteiger partial charge in [0.05, 0.1) is 7.11 Å². The zero-order valence-corrected chi connectivity index (χ0v) is 16.6. The summed E-state index contributed by atoms with van der Waals surface area (Å²) in [6, 6.07) is 13.1. The molecule has 0 aliphatic rings. The van der Waals surface area contributed by atoms with E-state index in [4.69, 9.17) is 9.26 Å². The Morgan fingerprint density at radius 3 is 2.76 bits per heavy atom. The monoisotopic (exact) mass is 397 g/mol. The topological polar surface area (TPSA) is 68.5 Å². The first-order valence-electron chi connectivity index (χ1n) is 9.62. The number of hydrogen-bond acceptors (Lipinski definition) is 5. The molecule has 29 heavy (non-hydrogen) atoms. The zero-order chi connectivity index (χ0) is 20.6. The molecule has 0 saturated carbocycles. The number of halogens is 1. The average molecular weight is 397 g/mol. The van der Waals surface area contributed by atoms with Gasteiger partial charge in [-0.1, -0.05) is 36.7 Å². The van der Waals surface area contributed by atoms with Crippen molar-refractivity contribution in [1.82, 2.24) is 15.0 Å². The predicted octanol–water partition coefficient (Wildman–Crippen LogP) is 4.37. The predicted molar refractivity (Wildman–Crippen MR) is 107 cm³/mol. The van der Waals surface area contributed by atoms with Crippen molar-refractivity contribution in [3.63, 3.8) is 0 Å². The van der Waals surface area contributed by atoms with Crippen LogP contribution in [0.3, 0.4) is 0 Å². The fourth-order valence-corrected chi connectivity index (χ4v) is 2.93. The Labute approximate surface area is 169 Å². The quantitative estimate of drug-likeness (QED) is 0.536. The van der Waals surface area contributed by atoms with Gasteiger partial charge in [0, 0.05) is 30.6 Å². The van der Waals surface area contributed by atoms with E-state index in [0.29, 0.717) is 42.5 Å². The highest BCUT2D eigenvalue weighted by Crippen LogP contribution is 2.21. The number of carbonyl (C=O) groups is 1. The number of carbonyl (C=O) groups excluding carboxylic acids is 1. The lowest BCUT2D eigenvalue weighted by molar-refractivity contribution is 0.0751. The van der Waals surface area contributed by atoms with E-state index in [1.807, 2.05) is 24.3 Å². The molecule has 1 heterocycles. The number of unbranched alkanes of at least 4 members (excludes halogenated alkanes) is 1. The van der Waals surface area contributed by atoms with Crippen LogP contribution in [0.2, 0.25) is 0 Å². The van der Waals surface area contributed by atoms with Crippen molar-refractivity contribution in [2.24, 2.45) is 0 Å². The van der Waals surface area contributed by atoms with E-state index >= 15 is 0 Å². The molecular weight excluding hydrogens is 373 g/mol. The molecule has 0 spiro atoms. The molecule has 1 amide bonds. The second-order valence-corrected chi connectivity index (χ2v) is 6.65. The van der Waals surface area contributed by atoms with Gasteiger partial charge in [-0.05, 0) is 36.8 Å². The standard InChI is InChI=1S/C22H24FN3O3/c1-3-4-12-26(22(27)17-8-5-9-18(23)14-17)13-11-20-24-21(25-29-20)16-7-6-10-19(15-16)28-2/h5-10,14-15H,3-4,11-13H2,1-2H3. The van der Waals surface area contributed by atoms with Crippen molar-refractivity contribution in [3.05, 3.63) is 65.8 Å². The van der Waals surface area contributed by atoms with Crippen LogP contribution in [-0.2, 0) is 6.42 Å². The molecule has 0 N–H and O–H groups in total. The number of amides is 1. The molecule has 0 aliphatic carbocycles. The fourth-order valence-electron chi connectivity index (χ4n) is 2.93. The molecule has 152 valence electrons. The minimum atomic E-state index is -0.425. The Balaban J connectivity index is 1.69. The molecule has 7 heteroatoms. The molecule has 0 radical (unpaired) electrons. The van der Waals surface area contributed by atoms with Crippen LogP contribution in [0.5, 0.6) is 5.75 Å². The highest BCUT2D eigenvalue weighted by Gasteiger charge is 2.18. The molecule has 0 fully saturated rings. The maximum absolute atomic E-state index is 13.5. The lowest BCUT2D eigenvalue weighted by Gasteiger charge is -2.22. The zero-order valence-electron chi connectivity index (χ0n) is 16.6. The first-order chi connectivity index (χ1) is 14.1. The van der Waals surface area contributed by atoms with E-state index in [-0.39, 0.29) is 5.91 Å². The van der Waals surface area contributed by atoms with Crippen molar-refractivity contribution in [3.8, 4) is 17.1 Å². The molecule has 2 aromatic carbocycles. The Kier molecular flexibility index (Phi) is 6.94. The molecule has 3 aromatic rings. The summed E-state index contributed by atoms with van der Waals surface area (Å²) in [6.45, 7) is 3.06. The number of methoxy groups -OCH3 is 1. The third-order valence-electron chi connectivity index (χ3n) is 4.53. The van der Waals surface area contributed by atoms with Crippen LogP contribution in [-0.4, -0.2) is 41.1 Å². The Bertz CT molecular complexity index is 958. The number of aromatic nitrogens is 2. The third kappa shape index (κ3) is 5.40. The van der Waals surface area contributed by atoms with Gasteiger partial charge in [0.1, 0.15) is 11.6 Å². The van der Waals surface area contributed by atoms with Crippen molar-refractivity contribution in [2.45, 2.75) is 26.2 Å². The Morgan fingerprint density at radius 1 is 1.17 bits per heavy atom. The second kappa shape index (κ2) is 9.82. The average Bonchev–Trinajstić information content (AvgIpc) is 3.22. The van der Waals surface area contributed by atoms with E-state index in [1.165, 1.54) is 12.1 Å². The summed E-state index contributed by atoms with van der Waals surface area (Å²) < 4.78 is 24.1. The fraction of sp³-hybridized carbons (Fsp3) is 0.318. The van der Waals surface area contributed by atoms with Crippen LogP contribution in [0.1, 0.15) is 36.0 Å². The van der Waals surface area contributed by atoms with E-state index in [9.17, 15) is 9.18 Å². The van der Waals surface area contributed by atoms with E-state index in [1.54, 1.807) is 24.1 Å². The van der Waals surface area contributed by atoms with Gasteiger partial charge in [-0.25, -0.2) is 4.39 Å². The number of benzene rings is 2. The number of hydrogen-bond donors (Lipinski definition) is 0. The minimum Gasteiger partial charge on any atom is -0.497 e. The van der Waals surface area contributed by atoms with Gasteiger partial charge in [-0.15, -0.1) is 0 Å². The highest BCUT2D eigenvalue weighted by atomic mass is 19.1. The molecule has 0 unspecified atom stereocenters. The molecule has 1 aromatic heterocycles. The largest absolute Gasteiger partial charge is 0.497 e. The summed E-state index contributed by atoms with van der Waals surface area (Å²) in [6.07, 6.45) is 2.23. The third-order valence-corrected chi connectivity index (χ3v) is 4.53. The Morgan fingerprint density at radius 2 is 2.00 bits per heavy atom. The first kappa shape index (κ1) is 20.5. The number of nitrogens with zero attached hydrogens (tertiary/aromatic N) is 3. The van der Waals surface area contributed by atoms with E-state index in [2.05, 4.69) is 17.1 Å². The van der Waals surface area contributed by atoms with E-state index in [0.717, 1.165) is 18.4 Å². The van der Waals surface area contributed by atoms with Crippen molar-refractivity contribution < 1.29 is 18.4 Å². The van der Waals surface area contributed by atoms with Crippen LogP contribution < -0.4 is 4.74 Å². The van der Waals surface area contributed by atoms with Gasteiger partial charge < -0.3 is 14.2 Å². The van der Waals surface area contributed by atoms with Gasteiger partial charge >= 0.3 is 0 Å². The smallest absolute Gasteiger partial charge is 0.253 e. The summed E-state index contributed by atoms with van der Waals surface area (Å²) in [5.41, 5.74) is 1.13. The van der Waals surface area contributed by atoms with E-state index < -0.39 is 5.82 Å². The van der Waals surface area contributed by atoms with Gasteiger partial charge in [-0.2, -0.15) is 4.98 Å². The summed E-state index contributed by atoms with van der Waals surface area (Å²) >= 11 is 0. The number of ether oxygens (including phenoxy) is 1. The highest BCUT2D eigenvalue weighted by molar-refractivity contribution is 5.94. The maximum Gasteiger partial charge on any atom is 0.253 e. The molecule has 6 nitrogen and oxygen atoms in total. The normalized spacial score (nSPS) is 10.7. The molecule has 3 rings (SSSR count). The number of rotatable bonds is 9. The van der Waals surface area contributed by atoms with Gasteiger partial charge in [0.15, 0.2) is 0 Å². The molecule has 0 saturated heterocycles. The molecule has 0 atom stereocenters. The van der Waals surface area contributed by atoms with Crippen LogP contribution in [0.15, 0.2) is 53.1 Å². The SMILES string of the molecule is CCCCN(CCc1nc(-c2cccc(OC)c2)no1)C(=O)c1cccc(F)c1.